The molecule has 0 aliphatic heterocycles. The number of nitrogens with one attached hydrogen (secondary N) is 1. The van der Waals surface area contributed by atoms with Crippen LogP contribution in [0.3, 0.4) is 0 Å². The number of aryl methyl sites for hydroxylation is 1. The summed E-state index contributed by atoms with van der Waals surface area (Å²) >= 11 is 1.58. The number of rotatable bonds is 4. The lowest BCUT2D eigenvalue weighted by atomic mass is 9.99. The molecule has 0 saturated heterocycles. The Bertz CT molecular complexity index is 603. The SMILES string of the molecule is Cc1cc(O)c(C(C)C)cc1NC(=O)Cc1cccs1. The fourth-order valence-electron chi connectivity index (χ4n) is 2.07. The first-order valence-corrected chi connectivity index (χ1v) is 7.51. The average Bonchev–Trinajstić information content (AvgIpc) is 2.84. The zero-order valence-electron chi connectivity index (χ0n) is 11.9. The van der Waals surface area contributed by atoms with Crippen LogP contribution in [-0.4, -0.2) is 11.0 Å². The smallest absolute Gasteiger partial charge is 0.229 e. The van der Waals surface area contributed by atoms with E-state index in [1.165, 1.54) is 0 Å². The summed E-state index contributed by atoms with van der Waals surface area (Å²) in [6, 6.07) is 7.46. The molecule has 0 atom stereocenters. The first-order valence-electron chi connectivity index (χ1n) is 6.63. The van der Waals surface area contributed by atoms with Crippen LogP contribution in [0.25, 0.3) is 0 Å². The number of aromatic hydroxyl groups is 1. The van der Waals surface area contributed by atoms with Gasteiger partial charge in [0.15, 0.2) is 0 Å². The number of hydrogen-bond donors (Lipinski definition) is 2. The van der Waals surface area contributed by atoms with E-state index in [1.54, 1.807) is 17.4 Å². The third-order valence-electron chi connectivity index (χ3n) is 3.18. The molecule has 1 aromatic carbocycles. The van der Waals surface area contributed by atoms with Gasteiger partial charge >= 0.3 is 0 Å². The molecule has 1 amide bonds. The fourth-order valence-corrected chi connectivity index (χ4v) is 2.78. The second-order valence-corrected chi connectivity index (χ2v) is 6.22. The van der Waals surface area contributed by atoms with Gasteiger partial charge in [0.05, 0.1) is 6.42 Å². The largest absolute Gasteiger partial charge is 0.508 e. The standard InChI is InChI=1S/C16H19NO2S/c1-10(2)13-9-14(11(3)7-15(13)18)17-16(19)8-12-5-4-6-20-12/h4-7,9-10,18H,8H2,1-3H3,(H,17,19). The van der Waals surface area contributed by atoms with Crippen molar-refractivity contribution in [3.8, 4) is 5.75 Å². The average molecular weight is 289 g/mol. The molecule has 0 fully saturated rings. The number of anilines is 1. The lowest BCUT2D eigenvalue weighted by Gasteiger charge is -2.14. The zero-order chi connectivity index (χ0) is 14.7. The van der Waals surface area contributed by atoms with Gasteiger partial charge < -0.3 is 10.4 Å². The Morgan fingerprint density at radius 2 is 2.15 bits per heavy atom. The molecule has 0 unspecified atom stereocenters. The van der Waals surface area contributed by atoms with Crippen LogP contribution >= 0.6 is 11.3 Å². The van der Waals surface area contributed by atoms with Crippen molar-refractivity contribution < 1.29 is 9.90 Å². The third kappa shape index (κ3) is 3.39. The lowest BCUT2D eigenvalue weighted by Crippen LogP contribution is -2.14. The molecule has 0 saturated carbocycles. The summed E-state index contributed by atoms with van der Waals surface area (Å²) in [6.07, 6.45) is 0.384. The number of benzene rings is 1. The first-order chi connectivity index (χ1) is 9.47. The Morgan fingerprint density at radius 3 is 2.75 bits per heavy atom. The van der Waals surface area contributed by atoms with Crippen LogP contribution in [0, 0.1) is 6.92 Å². The molecule has 2 N–H and O–H groups in total. The second-order valence-electron chi connectivity index (χ2n) is 5.18. The molecule has 0 radical (unpaired) electrons. The van der Waals surface area contributed by atoms with Crippen LogP contribution < -0.4 is 5.32 Å². The van der Waals surface area contributed by atoms with Gasteiger partial charge in [-0.1, -0.05) is 19.9 Å². The van der Waals surface area contributed by atoms with Crippen LogP contribution in [0.2, 0.25) is 0 Å². The van der Waals surface area contributed by atoms with Crippen LogP contribution in [0.5, 0.6) is 5.75 Å². The zero-order valence-corrected chi connectivity index (χ0v) is 12.8. The van der Waals surface area contributed by atoms with Gasteiger partial charge in [-0.25, -0.2) is 0 Å². The highest BCUT2D eigenvalue weighted by Gasteiger charge is 2.12. The van der Waals surface area contributed by atoms with Crippen molar-refractivity contribution in [1.82, 2.24) is 0 Å². The summed E-state index contributed by atoms with van der Waals surface area (Å²) in [4.78, 5) is 13.1. The highest BCUT2D eigenvalue weighted by molar-refractivity contribution is 7.10. The van der Waals surface area contributed by atoms with Crippen molar-refractivity contribution in [1.29, 1.82) is 0 Å². The molecule has 0 aliphatic rings. The van der Waals surface area contributed by atoms with Gasteiger partial charge in [-0.2, -0.15) is 0 Å². The van der Waals surface area contributed by atoms with Crippen LogP contribution in [0.4, 0.5) is 5.69 Å². The summed E-state index contributed by atoms with van der Waals surface area (Å²) in [5.74, 6) is 0.466. The van der Waals surface area contributed by atoms with E-state index < -0.39 is 0 Å². The van der Waals surface area contributed by atoms with Gasteiger partial charge in [0, 0.05) is 10.6 Å². The Morgan fingerprint density at radius 1 is 1.40 bits per heavy atom. The maximum absolute atomic E-state index is 12.0. The van der Waals surface area contributed by atoms with E-state index in [9.17, 15) is 9.90 Å². The minimum Gasteiger partial charge on any atom is -0.508 e. The van der Waals surface area contributed by atoms with Crippen molar-refractivity contribution in [2.45, 2.75) is 33.1 Å². The van der Waals surface area contributed by atoms with Crippen molar-refractivity contribution in [3.05, 3.63) is 45.6 Å². The summed E-state index contributed by atoms with van der Waals surface area (Å²) < 4.78 is 0. The maximum atomic E-state index is 12.0. The molecule has 0 spiro atoms. The van der Waals surface area contributed by atoms with E-state index in [0.717, 1.165) is 21.7 Å². The predicted octanol–water partition coefficient (Wildman–Crippen LogP) is 4.07. The van der Waals surface area contributed by atoms with Gasteiger partial charge in [0.25, 0.3) is 0 Å². The fraction of sp³-hybridized carbons (Fsp3) is 0.312. The Kier molecular flexibility index (Phi) is 4.45. The highest BCUT2D eigenvalue weighted by Crippen LogP contribution is 2.31. The quantitative estimate of drug-likeness (QED) is 0.834. The Balaban J connectivity index is 2.16. The van der Waals surface area contributed by atoms with Gasteiger partial charge in [-0.3, -0.25) is 4.79 Å². The summed E-state index contributed by atoms with van der Waals surface area (Å²) in [5, 5.41) is 14.8. The maximum Gasteiger partial charge on any atom is 0.229 e. The molecule has 2 aromatic rings. The third-order valence-corrected chi connectivity index (χ3v) is 4.06. The Labute approximate surface area is 123 Å². The van der Waals surface area contributed by atoms with Gasteiger partial charge in [0.2, 0.25) is 5.91 Å². The predicted molar refractivity (Wildman–Crippen MR) is 83.6 cm³/mol. The molecule has 1 heterocycles. The second kappa shape index (κ2) is 6.09. The molecular weight excluding hydrogens is 270 g/mol. The minimum absolute atomic E-state index is 0.0315. The number of hydrogen-bond acceptors (Lipinski definition) is 3. The van der Waals surface area contributed by atoms with Crippen LogP contribution in [0.15, 0.2) is 29.6 Å². The van der Waals surface area contributed by atoms with Crippen molar-refractivity contribution in [3.63, 3.8) is 0 Å². The topological polar surface area (TPSA) is 49.3 Å². The monoisotopic (exact) mass is 289 g/mol. The number of phenolic OH excluding ortho intramolecular Hbond substituents is 1. The molecule has 1 aromatic heterocycles. The summed E-state index contributed by atoms with van der Waals surface area (Å²) in [6.45, 7) is 5.91. The van der Waals surface area contributed by atoms with E-state index in [-0.39, 0.29) is 17.6 Å². The number of carbonyl (C=O) groups is 1. The molecule has 4 heteroatoms. The van der Waals surface area contributed by atoms with E-state index in [2.05, 4.69) is 5.32 Å². The number of carbonyl (C=O) groups excluding carboxylic acids is 1. The number of phenols is 1. The molecule has 3 nitrogen and oxygen atoms in total. The molecule has 2 rings (SSSR count). The normalized spacial score (nSPS) is 10.8. The number of amides is 1. The van der Waals surface area contributed by atoms with Crippen molar-refractivity contribution >= 4 is 22.9 Å². The summed E-state index contributed by atoms with van der Waals surface area (Å²) in [7, 11) is 0. The molecule has 106 valence electrons. The summed E-state index contributed by atoms with van der Waals surface area (Å²) in [5.41, 5.74) is 2.49. The minimum atomic E-state index is -0.0315. The van der Waals surface area contributed by atoms with E-state index in [1.807, 2.05) is 44.4 Å². The van der Waals surface area contributed by atoms with Crippen molar-refractivity contribution in [2.24, 2.45) is 0 Å². The molecular formula is C16H19NO2S. The first kappa shape index (κ1) is 14.6. The van der Waals surface area contributed by atoms with E-state index >= 15 is 0 Å². The van der Waals surface area contributed by atoms with Crippen LogP contribution in [0.1, 0.15) is 35.8 Å². The van der Waals surface area contributed by atoms with Crippen LogP contribution in [-0.2, 0) is 11.2 Å². The Hall–Kier alpha value is -1.81. The van der Waals surface area contributed by atoms with E-state index in [4.69, 9.17) is 0 Å². The van der Waals surface area contributed by atoms with E-state index in [0.29, 0.717) is 6.42 Å². The van der Waals surface area contributed by atoms with Gasteiger partial charge in [0.1, 0.15) is 5.75 Å². The van der Waals surface area contributed by atoms with Gasteiger partial charge in [-0.15, -0.1) is 11.3 Å². The molecule has 0 aliphatic carbocycles. The van der Waals surface area contributed by atoms with Gasteiger partial charge in [-0.05, 0) is 47.5 Å². The van der Waals surface area contributed by atoms with Crippen molar-refractivity contribution in [2.75, 3.05) is 5.32 Å². The molecule has 0 bridgehead atoms. The molecule has 20 heavy (non-hydrogen) atoms. The number of thiophene rings is 1. The lowest BCUT2D eigenvalue weighted by molar-refractivity contribution is -0.115. The highest BCUT2D eigenvalue weighted by atomic mass is 32.1.